The van der Waals surface area contributed by atoms with Gasteiger partial charge in [-0.25, -0.2) is 13.6 Å². The fraction of sp³-hybridized carbons (Fsp3) is 0.211. The number of halogens is 2. The number of rotatable bonds is 7. The highest BCUT2D eigenvalue weighted by Gasteiger charge is 2.13. The minimum atomic E-state index is -1.23. The number of aliphatic hydroxyl groups excluding tert-OH is 1. The van der Waals surface area contributed by atoms with Crippen molar-refractivity contribution in [1.82, 2.24) is 10.6 Å². The van der Waals surface area contributed by atoms with E-state index in [9.17, 15) is 28.3 Å². The van der Waals surface area contributed by atoms with Crippen molar-refractivity contribution in [3.05, 3.63) is 65.2 Å². The van der Waals surface area contributed by atoms with Crippen LogP contribution in [0.15, 0.2) is 42.5 Å². The monoisotopic (exact) mass is 407 g/mol. The molecule has 1 atom stereocenters. The first-order chi connectivity index (χ1) is 13.8. The Labute approximate surface area is 164 Å². The van der Waals surface area contributed by atoms with Crippen molar-refractivity contribution >= 4 is 23.6 Å². The average molecular weight is 407 g/mol. The SMILES string of the molecule is COC(=O)CNC(=O)c1ccc(NC(=O)NCC(O)c2ccc(F)c(F)c2)cc1. The predicted octanol–water partition coefficient (Wildman–Crippen LogP) is 1.72. The van der Waals surface area contributed by atoms with Crippen LogP contribution in [-0.2, 0) is 9.53 Å². The van der Waals surface area contributed by atoms with Gasteiger partial charge < -0.3 is 25.8 Å². The first-order valence-corrected chi connectivity index (χ1v) is 8.43. The topological polar surface area (TPSA) is 117 Å². The maximum Gasteiger partial charge on any atom is 0.325 e. The van der Waals surface area contributed by atoms with Gasteiger partial charge in [-0.2, -0.15) is 0 Å². The van der Waals surface area contributed by atoms with Gasteiger partial charge in [0, 0.05) is 17.8 Å². The normalized spacial score (nSPS) is 11.3. The molecule has 0 aromatic heterocycles. The number of hydrogen-bond donors (Lipinski definition) is 4. The standard InChI is InChI=1S/C19H19F2N3O5/c1-29-17(26)10-22-18(27)11-2-5-13(6-3-11)24-19(28)23-9-16(25)12-4-7-14(20)15(21)8-12/h2-8,16,25H,9-10H2,1H3,(H,22,27)(H2,23,24,28). The fourth-order valence-electron chi connectivity index (χ4n) is 2.23. The van der Waals surface area contributed by atoms with Gasteiger partial charge >= 0.3 is 12.0 Å². The van der Waals surface area contributed by atoms with Crippen LogP contribution in [0.3, 0.4) is 0 Å². The second kappa shape index (κ2) is 10.1. The Bertz CT molecular complexity index is 890. The zero-order chi connectivity index (χ0) is 21.4. The van der Waals surface area contributed by atoms with E-state index < -0.39 is 35.6 Å². The number of anilines is 1. The number of aliphatic hydroxyl groups is 1. The van der Waals surface area contributed by atoms with Crippen LogP contribution in [0, 0.1) is 11.6 Å². The van der Waals surface area contributed by atoms with Crippen molar-refractivity contribution in [3.8, 4) is 0 Å². The molecule has 0 aliphatic heterocycles. The second-order valence-electron chi connectivity index (χ2n) is 5.86. The van der Waals surface area contributed by atoms with Crippen LogP contribution in [0.25, 0.3) is 0 Å². The summed E-state index contributed by atoms with van der Waals surface area (Å²) in [6.07, 6.45) is -1.23. The Morgan fingerprint density at radius 3 is 2.34 bits per heavy atom. The van der Waals surface area contributed by atoms with Crippen LogP contribution in [0.4, 0.5) is 19.3 Å². The number of methoxy groups -OCH3 is 1. The molecule has 0 saturated carbocycles. The smallest absolute Gasteiger partial charge is 0.325 e. The van der Waals surface area contributed by atoms with E-state index >= 15 is 0 Å². The Kier molecular flexibility index (Phi) is 7.61. The van der Waals surface area contributed by atoms with E-state index in [-0.39, 0.29) is 24.2 Å². The third-order valence-electron chi connectivity index (χ3n) is 3.81. The maximum absolute atomic E-state index is 13.2. The van der Waals surface area contributed by atoms with Gasteiger partial charge in [-0.1, -0.05) is 6.07 Å². The molecule has 1 unspecified atom stereocenters. The number of carbonyl (C=O) groups is 3. The molecule has 2 aromatic rings. The summed E-state index contributed by atoms with van der Waals surface area (Å²) in [7, 11) is 1.21. The summed E-state index contributed by atoms with van der Waals surface area (Å²) in [5.74, 6) is -3.20. The number of hydrogen-bond acceptors (Lipinski definition) is 5. The average Bonchev–Trinajstić information content (AvgIpc) is 2.72. The molecule has 0 aliphatic rings. The zero-order valence-corrected chi connectivity index (χ0v) is 15.4. The van der Waals surface area contributed by atoms with Gasteiger partial charge in [0.15, 0.2) is 11.6 Å². The van der Waals surface area contributed by atoms with Crippen molar-refractivity contribution < 1.29 is 33.0 Å². The molecule has 0 heterocycles. The summed E-state index contributed by atoms with van der Waals surface area (Å²) in [5, 5.41) is 17.2. The van der Waals surface area contributed by atoms with Gasteiger partial charge in [-0.05, 0) is 42.0 Å². The third kappa shape index (κ3) is 6.54. The Balaban J connectivity index is 1.83. The van der Waals surface area contributed by atoms with Gasteiger partial charge in [-0.15, -0.1) is 0 Å². The van der Waals surface area contributed by atoms with Crippen molar-refractivity contribution in [3.63, 3.8) is 0 Å². The van der Waals surface area contributed by atoms with Crippen molar-refractivity contribution in [2.45, 2.75) is 6.10 Å². The lowest BCUT2D eigenvalue weighted by Crippen LogP contribution is -2.32. The number of urea groups is 1. The van der Waals surface area contributed by atoms with Crippen LogP contribution >= 0.6 is 0 Å². The highest BCUT2D eigenvalue weighted by molar-refractivity contribution is 5.96. The highest BCUT2D eigenvalue weighted by Crippen LogP contribution is 2.16. The quantitative estimate of drug-likeness (QED) is 0.522. The van der Waals surface area contributed by atoms with Crippen LogP contribution in [-0.4, -0.2) is 43.2 Å². The van der Waals surface area contributed by atoms with Gasteiger partial charge in [-0.3, -0.25) is 9.59 Å². The van der Waals surface area contributed by atoms with Crippen LogP contribution < -0.4 is 16.0 Å². The lowest BCUT2D eigenvalue weighted by Gasteiger charge is -2.13. The summed E-state index contributed by atoms with van der Waals surface area (Å²) in [6, 6.07) is 8.13. The highest BCUT2D eigenvalue weighted by atomic mass is 19.2. The molecule has 2 aromatic carbocycles. The van der Waals surface area contributed by atoms with E-state index in [0.29, 0.717) is 5.69 Å². The predicted molar refractivity (Wildman–Crippen MR) is 99.1 cm³/mol. The van der Waals surface area contributed by atoms with Gasteiger partial charge in [0.25, 0.3) is 5.91 Å². The minimum Gasteiger partial charge on any atom is -0.468 e. The third-order valence-corrected chi connectivity index (χ3v) is 3.81. The first kappa shape index (κ1) is 21.8. The van der Waals surface area contributed by atoms with Crippen molar-refractivity contribution in [2.75, 3.05) is 25.5 Å². The van der Waals surface area contributed by atoms with E-state index in [1.807, 2.05) is 0 Å². The lowest BCUT2D eigenvalue weighted by molar-refractivity contribution is -0.139. The Morgan fingerprint density at radius 1 is 1.03 bits per heavy atom. The fourth-order valence-corrected chi connectivity index (χ4v) is 2.23. The van der Waals surface area contributed by atoms with Crippen molar-refractivity contribution in [1.29, 1.82) is 0 Å². The molecule has 0 spiro atoms. The van der Waals surface area contributed by atoms with Gasteiger partial charge in [0.2, 0.25) is 0 Å². The number of esters is 1. The number of ether oxygens (including phenoxy) is 1. The van der Waals surface area contributed by atoms with E-state index in [4.69, 9.17) is 0 Å². The molecule has 29 heavy (non-hydrogen) atoms. The molecule has 2 rings (SSSR count). The molecule has 0 saturated heterocycles. The van der Waals surface area contributed by atoms with E-state index in [1.54, 1.807) is 0 Å². The molecule has 8 nitrogen and oxygen atoms in total. The molecular weight excluding hydrogens is 388 g/mol. The van der Waals surface area contributed by atoms with Crippen LogP contribution in [0.2, 0.25) is 0 Å². The van der Waals surface area contributed by atoms with E-state index in [0.717, 1.165) is 12.1 Å². The second-order valence-corrected chi connectivity index (χ2v) is 5.86. The minimum absolute atomic E-state index is 0.117. The Morgan fingerprint density at radius 2 is 1.72 bits per heavy atom. The van der Waals surface area contributed by atoms with Crippen LogP contribution in [0.5, 0.6) is 0 Å². The molecular formula is C19H19F2N3O5. The molecule has 3 amide bonds. The maximum atomic E-state index is 13.2. The van der Waals surface area contributed by atoms with Gasteiger partial charge in [0.05, 0.1) is 13.2 Å². The summed E-state index contributed by atoms with van der Waals surface area (Å²) in [5.41, 5.74) is 0.759. The lowest BCUT2D eigenvalue weighted by atomic mass is 10.1. The molecule has 10 heteroatoms. The molecule has 0 bridgehead atoms. The largest absolute Gasteiger partial charge is 0.468 e. The summed E-state index contributed by atoms with van der Waals surface area (Å²) in [4.78, 5) is 34.8. The van der Waals surface area contributed by atoms with Crippen LogP contribution in [0.1, 0.15) is 22.0 Å². The van der Waals surface area contributed by atoms with Gasteiger partial charge in [0.1, 0.15) is 6.54 Å². The number of benzene rings is 2. The first-order valence-electron chi connectivity index (χ1n) is 8.43. The molecule has 0 aliphatic carbocycles. The molecule has 4 N–H and O–H groups in total. The summed E-state index contributed by atoms with van der Waals surface area (Å²) < 4.78 is 30.5. The van der Waals surface area contributed by atoms with Crippen molar-refractivity contribution in [2.24, 2.45) is 0 Å². The zero-order valence-electron chi connectivity index (χ0n) is 15.4. The molecule has 154 valence electrons. The molecule has 0 radical (unpaired) electrons. The molecule has 0 fully saturated rings. The number of amides is 3. The number of carbonyl (C=O) groups excluding carboxylic acids is 3. The number of nitrogens with one attached hydrogen (secondary N) is 3. The Hall–Kier alpha value is -3.53. The summed E-state index contributed by atoms with van der Waals surface area (Å²) in [6.45, 7) is -0.497. The van der Waals surface area contributed by atoms with E-state index in [1.165, 1.54) is 37.4 Å². The van der Waals surface area contributed by atoms with E-state index in [2.05, 4.69) is 20.7 Å². The summed E-state index contributed by atoms with van der Waals surface area (Å²) >= 11 is 0.